The lowest BCUT2D eigenvalue weighted by molar-refractivity contribution is 0.593. The lowest BCUT2D eigenvalue weighted by Gasteiger charge is -2.09. The molecule has 0 bridgehead atoms. The molecular weight excluding hydrogens is 538 g/mol. The fourth-order valence-electron chi connectivity index (χ4n) is 3.27. The predicted molar refractivity (Wildman–Crippen MR) is 144 cm³/mol. The maximum atomic E-state index is 13.1. The molecule has 3 aromatic carbocycles. The molecule has 1 heterocycles. The number of rotatable bonds is 8. The second-order valence-electron chi connectivity index (χ2n) is 8.02. The Morgan fingerprint density at radius 3 is 2.00 bits per heavy atom. The number of nitrogens with zero attached hydrogens (tertiary/aromatic N) is 2. The van der Waals surface area contributed by atoms with Crippen LogP contribution in [0.5, 0.6) is 0 Å². The number of aryl methyl sites for hydroxylation is 2. The third-order valence-corrected chi connectivity index (χ3v) is 9.99. The van der Waals surface area contributed by atoms with Gasteiger partial charge in [-0.2, -0.15) is 5.10 Å². The molecule has 4 aromatic rings. The Hall–Kier alpha value is -3.05. The Labute approximate surface area is 219 Å². The van der Waals surface area contributed by atoms with Crippen molar-refractivity contribution < 1.29 is 16.8 Å². The Kier molecular flexibility index (Phi) is 7.60. The fourth-order valence-corrected chi connectivity index (χ4v) is 7.32. The molecule has 11 heteroatoms. The van der Waals surface area contributed by atoms with Gasteiger partial charge in [0.2, 0.25) is 15.0 Å². The van der Waals surface area contributed by atoms with E-state index in [4.69, 9.17) is 11.6 Å². The van der Waals surface area contributed by atoms with Crippen LogP contribution >= 0.6 is 22.9 Å². The van der Waals surface area contributed by atoms with Crippen molar-refractivity contribution in [1.29, 1.82) is 0 Å². The molecule has 0 saturated carbocycles. The number of hydrogen-bond donors (Lipinski definition) is 1. The highest BCUT2D eigenvalue weighted by Gasteiger charge is 2.26. The van der Waals surface area contributed by atoms with Gasteiger partial charge in [-0.05, 0) is 43.7 Å². The van der Waals surface area contributed by atoms with Crippen LogP contribution in [0.15, 0.2) is 98.8 Å². The van der Waals surface area contributed by atoms with Crippen LogP contribution in [0.25, 0.3) is 0 Å². The Bertz CT molecular complexity index is 1610. The number of thiazole rings is 1. The molecule has 0 atom stereocenters. The van der Waals surface area contributed by atoms with Crippen molar-refractivity contribution in [3.8, 4) is 0 Å². The quantitative estimate of drug-likeness (QED) is 0.224. The van der Waals surface area contributed by atoms with Crippen LogP contribution in [-0.4, -0.2) is 33.3 Å². The molecule has 0 aliphatic rings. The summed E-state index contributed by atoms with van der Waals surface area (Å²) >= 11 is 7.13. The fraction of sp³-hybridized carbons (Fsp3) is 0.120. The molecule has 0 aliphatic carbocycles. The van der Waals surface area contributed by atoms with E-state index in [-0.39, 0.29) is 35.7 Å². The highest BCUT2D eigenvalue weighted by atomic mass is 35.5. The number of sulfone groups is 2. The lowest BCUT2D eigenvalue weighted by atomic mass is 10.1. The summed E-state index contributed by atoms with van der Waals surface area (Å²) in [4.78, 5) is 4.40. The second-order valence-corrected chi connectivity index (χ2v) is 13.5. The summed E-state index contributed by atoms with van der Waals surface area (Å²) in [5.41, 5.74) is 5.41. The summed E-state index contributed by atoms with van der Waals surface area (Å²) in [5.74, 6) is -0.374. The number of nitrogens with one attached hydrogen (secondary N) is 1. The molecule has 0 spiro atoms. The van der Waals surface area contributed by atoms with Gasteiger partial charge in [0.25, 0.3) is 0 Å². The molecule has 1 aromatic heterocycles. The third-order valence-electron chi connectivity index (χ3n) is 5.24. The predicted octanol–water partition coefficient (Wildman–Crippen LogP) is 5.54. The lowest BCUT2D eigenvalue weighted by Crippen LogP contribution is -2.19. The first-order valence-electron chi connectivity index (χ1n) is 10.7. The van der Waals surface area contributed by atoms with E-state index in [2.05, 4.69) is 15.5 Å². The molecule has 1 N–H and O–H groups in total. The number of benzene rings is 3. The van der Waals surface area contributed by atoms with E-state index in [0.717, 1.165) is 22.5 Å². The Morgan fingerprint density at radius 2 is 1.42 bits per heavy atom. The zero-order valence-electron chi connectivity index (χ0n) is 19.3. The van der Waals surface area contributed by atoms with Crippen LogP contribution in [0.1, 0.15) is 16.7 Å². The first kappa shape index (κ1) is 26.0. The molecule has 0 saturated heterocycles. The van der Waals surface area contributed by atoms with Crippen molar-refractivity contribution in [3.63, 3.8) is 0 Å². The number of halogens is 1. The van der Waals surface area contributed by atoms with Crippen molar-refractivity contribution in [2.75, 3.05) is 11.2 Å². The Morgan fingerprint density at radius 1 is 0.861 bits per heavy atom. The van der Waals surface area contributed by atoms with Crippen LogP contribution in [0.4, 0.5) is 5.13 Å². The van der Waals surface area contributed by atoms with Gasteiger partial charge in [-0.3, -0.25) is 5.43 Å². The van der Waals surface area contributed by atoms with Crippen LogP contribution in [0.2, 0.25) is 4.34 Å². The van der Waals surface area contributed by atoms with Gasteiger partial charge < -0.3 is 0 Å². The maximum absolute atomic E-state index is 13.1. The largest absolute Gasteiger partial charge is 0.252 e. The molecule has 0 unspecified atom stereocenters. The van der Waals surface area contributed by atoms with Crippen molar-refractivity contribution >= 4 is 53.5 Å². The van der Waals surface area contributed by atoms with Gasteiger partial charge >= 0.3 is 0 Å². The Balaban J connectivity index is 1.65. The molecule has 7 nitrogen and oxygen atoms in total. The smallest absolute Gasteiger partial charge is 0.226 e. The van der Waals surface area contributed by atoms with E-state index in [0.29, 0.717) is 5.56 Å². The van der Waals surface area contributed by atoms with E-state index in [1.165, 1.54) is 12.1 Å². The summed E-state index contributed by atoms with van der Waals surface area (Å²) in [5, 5.41) is 4.12. The molecule has 0 aliphatic heterocycles. The molecule has 186 valence electrons. The van der Waals surface area contributed by atoms with Crippen molar-refractivity contribution in [3.05, 3.63) is 99.9 Å². The van der Waals surface area contributed by atoms with E-state index < -0.39 is 19.7 Å². The van der Waals surface area contributed by atoms with E-state index in [1.54, 1.807) is 60.7 Å². The van der Waals surface area contributed by atoms with Gasteiger partial charge in [-0.15, -0.1) is 0 Å². The summed E-state index contributed by atoms with van der Waals surface area (Å²) in [6, 6.07) is 21.8. The topological polar surface area (TPSA) is 106 Å². The van der Waals surface area contributed by atoms with Crippen LogP contribution in [0.3, 0.4) is 0 Å². The van der Waals surface area contributed by atoms with E-state index in [9.17, 15) is 16.8 Å². The molecule has 0 amide bonds. The average molecular weight is 560 g/mol. The molecule has 4 rings (SSSR count). The highest BCUT2D eigenvalue weighted by Crippen LogP contribution is 2.34. The summed E-state index contributed by atoms with van der Waals surface area (Å²) in [6.45, 7) is 3.74. The summed E-state index contributed by atoms with van der Waals surface area (Å²) in [6.07, 6.45) is 0. The minimum atomic E-state index is -3.94. The third kappa shape index (κ3) is 5.84. The standard InChI is InChI=1S/C25H22ClN3O4S3/c1-17-8-12-20(13-9-17)35(30,31)16-22(19-6-4-3-5-7-19)28-29-25-27-24(23(26)34-25)36(32,33)21-14-10-18(2)11-15-21/h3-15H,16H2,1-2H3,(H,27,29)/b28-22-. The first-order chi connectivity index (χ1) is 17.1. The number of anilines is 1. The van der Waals surface area contributed by atoms with Gasteiger partial charge in [-0.25, -0.2) is 21.8 Å². The van der Waals surface area contributed by atoms with Gasteiger partial charge in [0.05, 0.1) is 21.3 Å². The number of aromatic nitrogens is 1. The average Bonchev–Trinajstić information content (AvgIpc) is 3.24. The van der Waals surface area contributed by atoms with E-state index in [1.807, 2.05) is 19.9 Å². The SMILES string of the molecule is Cc1ccc(S(=O)(=O)C/C(=N/Nc2nc(S(=O)(=O)c3ccc(C)cc3)c(Cl)s2)c2ccccc2)cc1. The first-order valence-corrected chi connectivity index (χ1v) is 15.0. The number of hydrogen-bond acceptors (Lipinski definition) is 8. The van der Waals surface area contributed by atoms with Crippen molar-refractivity contribution in [2.24, 2.45) is 5.10 Å². The zero-order valence-corrected chi connectivity index (χ0v) is 22.5. The second kappa shape index (κ2) is 10.5. The normalized spacial score (nSPS) is 12.5. The zero-order chi connectivity index (χ0) is 25.9. The molecule has 0 fully saturated rings. The van der Waals surface area contributed by atoms with Crippen LogP contribution < -0.4 is 5.43 Å². The van der Waals surface area contributed by atoms with Crippen LogP contribution in [-0.2, 0) is 19.7 Å². The van der Waals surface area contributed by atoms with Gasteiger partial charge in [0.15, 0.2) is 14.9 Å². The minimum absolute atomic E-state index is 0.0261. The molecule has 36 heavy (non-hydrogen) atoms. The minimum Gasteiger partial charge on any atom is -0.252 e. The van der Waals surface area contributed by atoms with Crippen LogP contribution in [0, 0.1) is 13.8 Å². The highest BCUT2D eigenvalue weighted by molar-refractivity contribution is 7.92. The monoisotopic (exact) mass is 559 g/mol. The summed E-state index contributed by atoms with van der Waals surface area (Å²) in [7, 11) is -7.65. The molecular formula is C25H22ClN3O4S3. The van der Waals surface area contributed by atoms with E-state index >= 15 is 0 Å². The maximum Gasteiger partial charge on any atom is 0.226 e. The van der Waals surface area contributed by atoms with Gasteiger partial charge in [0.1, 0.15) is 4.34 Å². The van der Waals surface area contributed by atoms with Gasteiger partial charge in [0, 0.05) is 0 Å². The van der Waals surface area contributed by atoms with Crippen molar-refractivity contribution in [1.82, 2.24) is 4.98 Å². The summed E-state index contributed by atoms with van der Waals surface area (Å²) < 4.78 is 52.2. The molecule has 0 radical (unpaired) electrons. The number of hydrazone groups is 1. The van der Waals surface area contributed by atoms with Crippen molar-refractivity contribution in [2.45, 2.75) is 28.7 Å². The van der Waals surface area contributed by atoms with Gasteiger partial charge in [-0.1, -0.05) is 88.7 Å².